The van der Waals surface area contributed by atoms with Gasteiger partial charge in [0.25, 0.3) is 0 Å². The first kappa shape index (κ1) is 16.1. The maximum atomic E-state index is 11.9. The van der Waals surface area contributed by atoms with Gasteiger partial charge in [-0.1, -0.05) is 30.3 Å². The summed E-state index contributed by atoms with van der Waals surface area (Å²) in [5, 5.41) is 5.17. The monoisotopic (exact) mass is 325 g/mol. The summed E-state index contributed by atoms with van der Waals surface area (Å²) in [4.78, 5) is 23.4. The van der Waals surface area contributed by atoms with E-state index in [9.17, 15) is 9.59 Å². The molecule has 0 spiro atoms. The Morgan fingerprint density at radius 2 is 1.75 bits per heavy atom. The first-order valence-corrected chi connectivity index (χ1v) is 7.80. The Hall–Kier alpha value is -2.82. The van der Waals surface area contributed by atoms with E-state index in [2.05, 4.69) is 22.2 Å². The van der Waals surface area contributed by atoms with Crippen molar-refractivity contribution in [3.05, 3.63) is 53.7 Å². The molecule has 5 nitrogen and oxygen atoms in total. The molecule has 0 radical (unpaired) electrons. The molecular formula is C19H19NO4. The maximum absolute atomic E-state index is 11.9. The van der Waals surface area contributed by atoms with Crippen LogP contribution in [0, 0.1) is 0 Å². The van der Waals surface area contributed by atoms with Crippen LogP contribution < -0.4 is 5.32 Å². The smallest absolute Gasteiger partial charge is 0.354 e. The quantitative estimate of drug-likeness (QED) is 0.674. The predicted molar refractivity (Wildman–Crippen MR) is 91.7 cm³/mol. The van der Waals surface area contributed by atoms with Crippen molar-refractivity contribution in [2.24, 2.45) is 0 Å². The third kappa shape index (κ3) is 3.25. The van der Waals surface area contributed by atoms with Crippen molar-refractivity contribution in [3.63, 3.8) is 0 Å². The molecule has 0 heterocycles. The lowest BCUT2D eigenvalue weighted by atomic mass is 9.99. The molecule has 5 heteroatoms. The zero-order valence-corrected chi connectivity index (χ0v) is 13.7. The van der Waals surface area contributed by atoms with Crippen LogP contribution in [0.25, 0.3) is 10.8 Å². The predicted octanol–water partition coefficient (Wildman–Crippen LogP) is 3.36. The van der Waals surface area contributed by atoms with E-state index in [4.69, 9.17) is 4.74 Å². The number of hydrogen-bond acceptors (Lipinski definition) is 5. The molecule has 1 fully saturated rings. The Morgan fingerprint density at radius 3 is 2.38 bits per heavy atom. The summed E-state index contributed by atoms with van der Waals surface area (Å²) in [6, 6.07) is 12.0. The summed E-state index contributed by atoms with van der Waals surface area (Å²) in [6.07, 6.45) is 3.52. The first-order valence-electron chi connectivity index (χ1n) is 7.80. The molecule has 1 saturated carbocycles. The van der Waals surface area contributed by atoms with E-state index >= 15 is 0 Å². The highest BCUT2D eigenvalue weighted by Gasteiger charge is 2.25. The highest BCUT2D eigenvalue weighted by Crippen LogP contribution is 2.44. The number of ether oxygens (including phenoxy) is 2. The molecule has 0 aromatic heterocycles. The number of benzene rings is 2. The fourth-order valence-corrected chi connectivity index (χ4v) is 2.76. The molecule has 0 amide bonds. The fourth-order valence-electron chi connectivity index (χ4n) is 2.76. The van der Waals surface area contributed by atoms with Crippen molar-refractivity contribution in [2.75, 3.05) is 19.5 Å². The molecule has 0 bridgehead atoms. The molecule has 0 unspecified atom stereocenters. The number of fused-ring (bicyclic) bond motifs is 1. The van der Waals surface area contributed by atoms with Crippen molar-refractivity contribution < 1.29 is 19.1 Å². The Balaban J connectivity index is 2.02. The summed E-state index contributed by atoms with van der Waals surface area (Å²) < 4.78 is 9.33. The lowest BCUT2D eigenvalue weighted by Crippen LogP contribution is -2.15. The number of esters is 2. The molecule has 1 aliphatic rings. The van der Waals surface area contributed by atoms with Crippen LogP contribution in [0.15, 0.2) is 48.2 Å². The van der Waals surface area contributed by atoms with Gasteiger partial charge in [0.2, 0.25) is 0 Å². The zero-order chi connectivity index (χ0) is 17.1. The highest BCUT2D eigenvalue weighted by atomic mass is 16.5. The topological polar surface area (TPSA) is 64.6 Å². The van der Waals surface area contributed by atoms with Crippen LogP contribution >= 0.6 is 0 Å². The highest BCUT2D eigenvalue weighted by molar-refractivity contribution is 6.03. The number of carbonyl (C=O) groups is 2. The van der Waals surface area contributed by atoms with Gasteiger partial charge in [-0.3, -0.25) is 0 Å². The second-order valence-electron chi connectivity index (χ2n) is 5.72. The number of anilines is 1. The van der Waals surface area contributed by atoms with E-state index in [1.165, 1.54) is 32.6 Å². The Bertz CT molecular complexity index is 821. The summed E-state index contributed by atoms with van der Waals surface area (Å²) >= 11 is 0. The normalized spacial score (nSPS) is 14.3. The van der Waals surface area contributed by atoms with Crippen LogP contribution in [-0.2, 0) is 19.1 Å². The average molecular weight is 325 g/mol. The van der Waals surface area contributed by atoms with Gasteiger partial charge in [-0.2, -0.15) is 0 Å². The van der Waals surface area contributed by atoms with Crippen molar-refractivity contribution in [3.8, 4) is 0 Å². The van der Waals surface area contributed by atoms with E-state index in [1.807, 2.05) is 24.3 Å². The van der Waals surface area contributed by atoms with Gasteiger partial charge in [0, 0.05) is 11.1 Å². The first-order chi connectivity index (χ1) is 11.6. The number of methoxy groups -OCH3 is 2. The van der Waals surface area contributed by atoms with Crippen LogP contribution in [0.1, 0.15) is 24.3 Å². The van der Waals surface area contributed by atoms with Gasteiger partial charge in [0.15, 0.2) is 0 Å². The minimum Gasteiger partial charge on any atom is -0.466 e. The largest absolute Gasteiger partial charge is 0.466 e. The van der Waals surface area contributed by atoms with E-state index in [1.54, 1.807) is 0 Å². The van der Waals surface area contributed by atoms with Gasteiger partial charge < -0.3 is 14.8 Å². The van der Waals surface area contributed by atoms with Gasteiger partial charge in [-0.15, -0.1) is 0 Å². The van der Waals surface area contributed by atoms with Gasteiger partial charge in [0.1, 0.15) is 5.70 Å². The molecule has 1 aliphatic carbocycles. The summed E-state index contributed by atoms with van der Waals surface area (Å²) in [5.41, 5.74) is 2.11. The fraction of sp³-hybridized carbons (Fsp3) is 0.263. The molecular weight excluding hydrogens is 306 g/mol. The molecule has 24 heavy (non-hydrogen) atoms. The molecule has 1 N–H and O–H groups in total. The van der Waals surface area contributed by atoms with Crippen molar-refractivity contribution in [2.45, 2.75) is 18.8 Å². The second-order valence-corrected chi connectivity index (χ2v) is 5.72. The molecule has 2 aromatic rings. The van der Waals surface area contributed by atoms with Gasteiger partial charge in [0.05, 0.1) is 20.3 Å². The minimum absolute atomic E-state index is 0.0358. The molecule has 3 rings (SSSR count). The Labute approximate surface area is 140 Å². The number of carbonyl (C=O) groups excluding carboxylic acids is 2. The zero-order valence-electron chi connectivity index (χ0n) is 13.7. The van der Waals surface area contributed by atoms with Crippen LogP contribution in [0.3, 0.4) is 0 Å². The molecule has 2 aromatic carbocycles. The summed E-state index contributed by atoms with van der Waals surface area (Å²) in [5.74, 6) is -0.632. The molecule has 124 valence electrons. The average Bonchev–Trinajstić information content (AvgIpc) is 3.45. The number of nitrogens with one attached hydrogen (secondary N) is 1. The van der Waals surface area contributed by atoms with E-state index in [0.717, 1.165) is 22.5 Å². The van der Waals surface area contributed by atoms with Crippen molar-refractivity contribution >= 4 is 28.4 Å². The molecule has 0 atom stereocenters. The van der Waals surface area contributed by atoms with Crippen LogP contribution in [-0.4, -0.2) is 26.2 Å². The minimum atomic E-state index is -0.629. The molecule has 0 aliphatic heterocycles. The Morgan fingerprint density at radius 1 is 1.04 bits per heavy atom. The molecule has 0 saturated heterocycles. The van der Waals surface area contributed by atoms with Crippen molar-refractivity contribution in [1.82, 2.24) is 0 Å². The third-order valence-electron chi connectivity index (χ3n) is 4.11. The number of rotatable bonds is 5. The van der Waals surface area contributed by atoms with Crippen LogP contribution in [0.2, 0.25) is 0 Å². The summed E-state index contributed by atoms with van der Waals surface area (Å²) in [6.45, 7) is 0. The van der Waals surface area contributed by atoms with Crippen LogP contribution in [0.4, 0.5) is 5.69 Å². The van der Waals surface area contributed by atoms with Crippen molar-refractivity contribution in [1.29, 1.82) is 0 Å². The van der Waals surface area contributed by atoms with E-state index < -0.39 is 11.9 Å². The SMILES string of the molecule is COC(=O)/C=C(/Nc1ccc(C2CC2)c2ccccc12)C(=O)OC. The standard InChI is InChI=1S/C19H19NO4/c1-23-18(21)11-17(19(22)24-2)20-16-10-9-13(12-7-8-12)14-5-3-4-6-15(14)16/h3-6,9-12,20H,7-8H2,1-2H3/b17-11+. The van der Waals surface area contributed by atoms with Crippen LogP contribution in [0.5, 0.6) is 0 Å². The van der Waals surface area contributed by atoms with E-state index in [-0.39, 0.29) is 5.70 Å². The lowest BCUT2D eigenvalue weighted by molar-refractivity contribution is -0.138. The van der Waals surface area contributed by atoms with Gasteiger partial charge >= 0.3 is 11.9 Å². The second kappa shape index (κ2) is 6.74. The lowest BCUT2D eigenvalue weighted by Gasteiger charge is -2.14. The van der Waals surface area contributed by atoms with E-state index in [0.29, 0.717) is 5.92 Å². The van der Waals surface area contributed by atoms with Gasteiger partial charge in [-0.25, -0.2) is 9.59 Å². The third-order valence-corrected chi connectivity index (χ3v) is 4.11. The Kier molecular flexibility index (Phi) is 4.51. The van der Waals surface area contributed by atoms with Gasteiger partial charge in [-0.05, 0) is 35.8 Å². The summed E-state index contributed by atoms with van der Waals surface area (Å²) in [7, 11) is 2.52. The number of hydrogen-bond donors (Lipinski definition) is 1. The maximum Gasteiger partial charge on any atom is 0.354 e.